The van der Waals surface area contributed by atoms with Crippen LogP contribution in [0.5, 0.6) is 0 Å². The fourth-order valence-electron chi connectivity index (χ4n) is 2.55. The quantitative estimate of drug-likeness (QED) is 0.596. The van der Waals surface area contributed by atoms with Gasteiger partial charge in [0.1, 0.15) is 13.1 Å². The topological polar surface area (TPSA) is 107 Å². The number of rotatable bonds is 8. The first-order valence-electron chi connectivity index (χ1n) is 8.56. The number of esters is 2. The molecule has 0 bridgehead atoms. The molecule has 0 heterocycles. The van der Waals surface area contributed by atoms with Crippen LogP contribution in [0, 0.1) is 0 Å². The highest BCUT2D eigenvalue weighted by Crippen LogP contribution is 2.18. The Morgan fingerprint density at radius 2 is 1.45 bits per heavy atom. The van der Waals surface area contributed by atoms with Gasteiger partial charge in [0.15, 0.2) is 9.84 Å². The highest BCUT2D eigenvalue weighted by atomic mass is 32.2. The molecule has 0 aliphatic heterocycles. The maximum atomic E-state index is 12.8. The third-order valence-corrected chi connectivity index (χ3v) is 5.72. The van der Waals surface area contributed by atoms with E-state index in [0.717, 1.165) is 19.1 Å². The third kappa shape index (κ3) is 6.15. The maximum Gasteiger partial charge on any atom is 0.325 e. The van der Waals surface area contributed by atoms with Crippen molar-refractivity contribution in [3.63, 3.8) is 0 Å². The van der Waals surface area contributed by atoms with Crippen LogP contribution in [0.2, 0.25) is 0 Å². The van der Waals surface area contributed by atoms with E-state index in [1.54, 1.807) is 24.3 Å². The summed E-state index contributed by atoms with van der Waals surface area (Å²) >= 11 is 0. The first kappa shape index (κ1) is 22.1. The summed E-state index contributed by atoms with van der Waals surface area (Å²) in [7, 11) is -1.27. The molecule has 0 aliphatic rings. The van der Waals surface area contributed by atoms with Crippen molar-refractivity contribution in [2.24, 2.45) is 0 Å². The normalized spacial score (nSPS) is 10.8. The van der Waals surface area contributed by atoms with Crippen molar-refractivity contribution in [3.8, 4) is 0 Å². The van der Waals surface area contributed by atoms with Crippen LogP contribution in [0.4, 0.5) is 0 Å². The summed E-state index contributed by atoms with van der Waals surface area (Å²) in [5, 5.41) is 0. The molecule has 0 aliphatic carbocycles. The Kier molecular flexibility index (Phi) is 7.49. The average Bonchev–Trinajstić information content (AvgIpc) is 2.73. The van der Waals surface area contributed by atoms with E-state index in [0.29, 0.717) is 5.56 Å². The Bertz CT molecular complexity index is 969. The van der Waals surface area contributed by atoms with E-state index in [4.69, 9.17) is 0 Å². The lowest BCUT2D eigenvalue weighted by Gasteiger charge is -2.20. The summed E-state index contributed by atoms with van der Waals surface area (Å²) in [6.45, 7) is -0.895. The van der Waals surface area contributed by atoms with E-state index in [9.17, 15) is 22.8 Å². The van der Waals surface area contributed by atoms with Gasteiger partial charge >= 0.3 is 11.9 Å². The van der Waals surface area contributed by atoms with Gasteiger partial charge in [-0.2, -0.15) is 0 Å². The van der Waals surface area contributed by atoms with Gasteiger partial charge in [0, 0.05) is 5.56 Å². The maximum absolute atomic E-state index is 12.8. The molecule has 0 spiro atoms. The standard InChI is InChI=1S/C20H21NO7S/c1-27-18(22)12-21(13-19(23)28-2)20(24)16-8-6-7-15(11-16)14-29(25,26)17-9-4-3-5-10-17/h3-11H,12-14H2,1-2H3. The summed E-state index contributed by atoms with van der Waals surface area (Å²) < 4.78 is 34.2. The van der Waals surface area contributed by atoms with Crippen molar-refractivity contribution in [1.29, 1.82) is 0 Å². The van der Waals surface area contributed by atoms with Crippen molar-refractivity contribution >= 4 is 27.7 Å². The van der Waals surface area contributed by atoms with Gasteiger partial charge in [0.25, 0.3) is 5.91 Å². The zero-order valence-electron chi connectivity index (χ0n) is 16.0. The van der Waals surface area contributed by atoms with Gasteiger partial charge in [-0.3, -0.25) is 14.4 Å². The Morgan fingerprint density at radius 1 is 0.862 bits per heavy atom. The number of carbonyl (C=O) groups excluding carboxylic acids is 3. The summed E-state index contributed by atoms with van der Waals surface area (Å²) in [6, 6.07) is 14.0. The van der Waals surface area contributed by atoms with E-state index in [2.05, 4.69) is 9.47 Å². The minimum absolute atomic E-state index is 0.138. The minimum atomic E-state index is -3.60. The number of nitrogens with zero attached hydrogens (tertiary/aromatic N) is 1. The molecular weight excluding hydrogens is 398 g/mol. The van der Waals surface area contributed by atoms with E-state index >= 15 is 0 Å². The fraction of sp³-hybridized carbons (Fsp3) is 0.250. The predicted octanol–water partition coefficient (Wildman–Crippen LogP) is 1.45. The largest absolute Gasteiger partial charge is 0.468 e. The summed E-state index contributed by atoms with van der Waals surface area (Å²) in [5.41, 5.74) is 0.536. The molecule has 9 heteroatoms. The van der Waals surface area contributed by atoms with Gasteiger partial charge in [0.2, 0.25) is 0 Å². The molecule has 0 N–H and O–H groups in total. The molecule has 2 aromatic rings. The monoisotopic (exact) mass is 419 g/mol. The van der Waals surface area contributed by atoms with Gasteiger partial charge in [-0.05, 0) is 29.8 Å². The molecule has 2 aromatic carbocycles. The summed E-state index contributed by atoms with van der Waals surface area (Å²) in [5.74, 6) is -2.33. The van der Waals surface area contributed by atoms with Crippen LogP contribution in [-0.4, -0.2) is 58.5 Å². The zero-order chi connectivity index (χ0) is 21.4. The lowest BCUT2D eigenvalue weighted by molar-refractivity contribution is -0.144. The molecule has 0 saturated heterocycles. The second-order valence-electron chi connectivity index (χ2n) is 6.09. The molecule has 0 atom stereocenters. The zero-order valence-corrected chi connectivity index (χ0v) is 16.8. The molecule has 2 rings (SSSR count). The number of ether oxygens (including phenoxy) is 2. The number of amides is 1. The molecule has 0 unspecified atom stereocenters. The Balaban J connectivity index is 2.26. The molecule has 0 saturated carbocycles. The van der Waals surface area contributed by atoms with Crippen molar-refractivity contribution in [3.05, 3.63) is 65.7 Å². The predicted molar refractivity (Wildman–Crippen MR) is 104 cm³/mol. The lowest BCUT2D eigenvalue weighted by atomic mass is 10.1. The second kappa shape index (κ2) is 9.83. The number of methoxy groups -OCH3 is 2. The van der Waals surface area contributed by atoms with Crippen LogP contribution >= 0.6 is 0 Å². The van der Waals surface area contributed by atoms with Crippen LogP contribution in [-0.2, 0) is 34.7 Å². The van der Waals surface area contributed by atoms with E-state index in [-0.39, 0.29) is 16.2 Å². The van der Waals surface area contributed by atoms with Crippen LogP contribution in [0.1, 0.15) is 15.9 Å². The number of sulfone groups is 1. The Hall–Kier alpha value is -3.20. The smallest absolute Gasteiger partial charge is 0.325 e. The molecule has 0 radical (unpaired) electrons. The van der Waals surface area contributed by atoms with Crippen molar-refractivity contribution in [2.45, 2.75) is 10.6 Å². The number of hydrogen-bond donors (Lipinski definition) is 0. The summed E-state index contributed by atoms with van der Waals surface area (Å²) in [6.07, 6.45) is 0. The molecule has 1 amide bonds. The van der Waals surface area contributed by atoms with Gasteiger partial charge < -0.3 is 14.4 Å². The number of hydrogen-bond acceptors (Lipinski definition) is 7. The van der Waals surface area contributed by atoms with Crippen LogP contribution in [0.3, 0.4) is 0 Å². The molecular formula is C20H21NO7S. The fourth-order valence-corrected chi connectivity index (χ4v) is 3.90. The van der Waals surface area contributed by atoms with Gasteiger partial charge in [-0.25, -0.2) is 8.42 Å². The van der Waals surface area contributed by atoms with Crippen LogP contribution < -0.4 is 0 Å². The van der Waals surface area contributed by atoms with E-state index < -0.39 is 40.8 Å². The highest BCUT2D eigenvalue weighted by Gasteiger charge is 2.23. The Morgan fingerprint density at radius 3 is 2.00 bits per heavy atom. The van der Waals surface area contributed by atoms with Gasteiger partial charge in [-0.1, -0.05) is 30.3 Å². The van der Waals surface area contributed by atoms with Gasteiger partial charge in [-0.15, -0.1) is 0 Å². The van der Waals surface area contributed by atoms with Crippen LogP contribution in [0.25, 0.3) is 0 Å². The third-order valence-electron chi connectivity index (χ3n) is 4.02. The molecule has 0 aromatic heterocycles. The van der Waals surface area contributed by atoms with E-state index in [1.807, 2.05) is 0 Å². The van der Waals surface area contributed by atoms with Crippen molar-refractivity contribution in [2.75, 3.05) is 27.3 Å². The van der Waals surface area contributed by atoms with Crippen molar-refractivity contribution < 1.29 is 32.3 Å². The Labute approximate surface area is 169 Å². The molecule has 29 heavy (non-hydrogen) atoms. The van der Waals surface area contributed by atoms with Crippen molar-refractivity contribution in [1.82, 2.24) is 4.90 Å². The molecule has 0 fully saturated rings. The number of benzene rings is 2. The lowest BCUT2D eigenvalue weighted by Crippen LogP contribution is -2.40. The second-order valence-corrected chi connectivity index (χ2v) is 8.08. The number of carbonyl (C=O) groups is 3. The highest BCUT2D eigenvalue weighted by molar-refractivity contribution is 7.90. The van der Waals surface area contributed by atoms with E-state index in [1.165, 1.54) is 30.3 Å². The molecule has 154 valence electrons. The SMILES string of the molecule is COC(=O)CN(CC(=O)OC)C(=O)c1cccc(CS(=O)(=O)c2ccccc2)c1. The first-order chi connectivity index (χ1) is 13.8. The van der Waals surface area contributed by atoms with Gasteiger partial charge in [0.05, 0.1) is 24.9 Å². The summed E-state index contributed by atoms with van der Waals surface area (Å²) in [4.78, 5) is 37.1. The first-order valence-corrected chi connectivity index (χ1v) is 10.2. The minimum Gasteiger partial charge on any atom is -0.468 e. The van der Waals surface area contributed by atoms with Crippen LogP contribution in [0.15, 0.2) is 59.5 Å². The average molecular weight is 419 g/mol. The molecule has 8 nitrogen and oxygen atoms in total.